The summed E-state index contributed by atoms with van der Waals surface area (Å²) in [5, 5.41) is 5.57. The number of benzene rings is 1. The first kappa shape index (κ1) is 19.0. The molecule has 3 rings (SSSR count). The number of carbonyl (C=O) groups is 2. The van der Waals surface area contributed by atoms with Crippen molar-refractivity contribution in [3.05, 3.63) is 89.5 Å². The van der Waals surface area contributed by atoms with Gasteiger partial charge in [-0.25, -0.2) is 0 Å². The first-order valence-electron chi connectivity index (χ1n) is 8.71. The van der Waals surface area contributed by atoms with Crippen LogP contribution in [0.1, 0.15) is 32.1 Å². The van der Waals surface area contributed by atoms with Gasteiger partial charge in [0.15, 0.2) is 0 Å². The van der Waals surface area contributed by atoms with Crippen molar-refractivity contribution in [2.24, 2.45) is 0 Å². The van der Waals surface area contributed by atoms with Crippen molar-refractivity contribution in [3.8, 4) is 5.75 Å². The Hall–Kier alpha value is -3.74. The number of amides is 2. The minimum Gasteiger partial charge on any atom is -0.496 e. The topological polar surface area (TPSA) is 93.2 Å². The molecule has 0 saturated carbocycles. The van der Waals surface area contributed by atoms with Crippen LogP contribution in [-0.4, -0.2) is 28.9 Å². The van der Waals surface area contributed by atoms with E-state index < -0.39 is 0 Å². The van der Waals surface area contributed by atoms with Crippen LogP contribution in [0.25, 0.3) is 0 Å². The van der Waals surface area contributed by atoms with Gasteiger partial charge in [-0.3, -0.25) is 19.6 Å². The molecule has 2 aromatic heterocycles. The lowest BCUT2D eigenvalue weighted by Gasteiger charge is -2.10. The predicted octanol–water partition coefficient (Wildman–Crippen LogP) is 2.35. The molecule has 2 heterocycles. The Labute approximate surface area is 162 Å². The second kappa shape index (κ2) is 9.27. The van der Waals surface area contributed by atoms with Gasteiger partial charge >= 0.3 is 0 Å². The minimum absolute atomic E-state index is 0.167. The number of hydrogen-bond acceptors (Lipinski definition) is 5. The lowest BCUT2D eigenvalue weighted by atomic mass is 10.1. The molecular formula is C21H20N4O3. The monoisotopic (exact) mass is 376 g/mol. The smallest absolute Gasteiger partial charge is 0.270 e. The number of aromatic nitrogens is 2. The van der Waals surface area contributed by atoms with Crippen LogP contribution in [0.3, 0.4) is 0 Å². The van der Waals surface area contributed by atoms with E-state index in [0.717, 1.165) is 11.3 Å². The first-order valence-corrected chi connectivity index (χ1v) is 8.71. The molecule has 0 aliphatic rings. The number of hydrogen-bond donors (Lipinski definition) is 2. The third kappa shape index (κ3) is 4.91. The number of rotatable bonds is 7. The summed E-state index contributed by atoms with van der Waals surface area (Å²) in [5.41, 5.74) is 2.12. The summed E-state index contributed by atoms with van der Waals surface area (Å²) in [6.45, 7) is 0.595. The number of carbonyl (C=O) groups excluding carboxylic acids is 2. The molecule has 0 aliphatic heterocycles. The molecule has 7 nitrogen and oxygen atoms in total. The van der Waals surface area contributed by atoms with E-state index in [1.165, 1.54) is 12.3 Å². The Kier molecular flexibility index (Phi) is 6.30. The van der Waals surface area contributed by atoms with E-state index in [1.807, 2.05) is 36.4 Å². The van der Waals surface area contributed by atoms with Crippen LogP contribution in [-0.2, 0) is 13.1 Å². The van der Waals surface area contributed by atoms with E-state index in [0.29, 0.717) is 17.9 Å². The molecule has 0 unspecified atom stereocenters. The molecule has 0 atom stereocenters. The van der Waals surface area contributed by atoms with Crippen molar-refractivity contribution in [1.82, 2.24) is 20.6 Å². The lowest BCUT2D eigenvalue weighted by Crippen LogP contribution is -2.26. The summed E-state index contributed by atoms with van der Waals surface area (Å²) in [4.78, 5) is 33.0. The Morgan fingerprint density at radius 3 is 2.46 bits per heavy atom. The second-order valence-corrected chi connectivity index (χ2v) is 5.93. The molecule has 0 bridgehead atoms. The maximum Gasteiger partial charge on any atom is 0.270 e. The first-order chi connectivity index (χ1) is 13.7. The standard InChI is InChI=1S/C21H20N4O3/c1-28-19-8-3-2-6-16(19)13-24-20(26)15-9-11-23-18(12-15)21(27)25-14-17-7-4-5-10-22-17/h2-12H,13-14H2,1H3,(H,24,26)(H,25,27). The van der Waals surface area contributed by atoms with Gasteiger partial charge in [0.1, 0.15) is 11.4 Å². The third-order valence-electron chi connectivity index (χ3n) is 4.04. The Balaban J connectivity index is 1.61. The second-order valence-electron chi connectivity index (χ2n) is 5.93. The van der Waals surface area contributed by atoms with E-state index in [-0.39, 0.29) is 24.1 Å². The van der Waals surface area contributed by atoms with Gasteiger partial charge in [-0.05, 0) is 30.3 Å². The SMILES string of the molecule is COc1ccccc1CNC(=O)c1ccnc(C(=O)NCc2ccccn2)c1. The molecule has 142 valence electrons. The summed E-state index contributed by atoms with van der Waals surface area (Å²) in [5.74, 6) is 0.0317. The molecule has 0 fully saturated rings. The van der Waals surface area contributed by atoms with E-state index in [1.54, 1.807) is 25.4 Å². The highest BCUT2D eigenvalue weighted by atomic mass is 16.5. The zero-order valence-corrected chi connectivity index (χ0v) is 15.4. The van der Waals surface area contributed by atoms with E-state index in [4.69, 9.17) is 4.74 Å². The van der Waals surface area contributed by atoms with Gasteiger partial charge in [-0.1, -0.05) is 24.3 Å². The summed E-state index contributed by atoms with van der Waals surface area (Å²) in [6, 6.07) is 15.9. The zero-order chi connectivity index (χ0) is 19.8. The Bertz CT molecular complexity index is 961. The molecular weight excluding hydrogens is 356 g/mol. The summed E-state index contributed by atoms with van der Waals surface area (Å²) in [7, 11) is 1.58. The summed E-state index contributed by atoms with van der Waals surface area (Å²) < 4.78 is 5.28. The van der Waals surface area contributed by atoms with Crippen molar-refractivity contribution in [2.75, 3.05) is 7.11 Å². The van der Waals surface area contributed by atoms with Crippen LogP contribution in [0.5, 0.6) is 5.75 Å². The van der Waals surface area contributed by atoms with Gasteiger partial charge in [-0.2, -0.15) is 0 Å². The number of nitrogens with one attached hydrogen (secondary N) is 2. The van der Waals surface area contributed by atoms with Crippen LogP contribution in [0, 0.1) is 0 Å². The van der Waals surface area contributed by atoms with Gasteiger partial charge in [0, 0.05) is 30.1 Å². The highest BCUT2D eigenvalue weighted by Gasteiger charge is 2.12. The Morgan fingerprint density at radius 1 is 0.893 bits per heavy atom. The van der Waals surface area contributed by atoms with Gasteiger partial charge in [0.2, 0.25) is 0 Å². The van der Waals surface area contributed by atoms with Crippen molar-refractivity contribution in [2.45, 2.75) is 13.1 Å². The molecule has 0 radical (unpaired) electrons. The van der Waals surface area contributed by atoms with Crippen LogP contribution in [0.2, 0.25) is 0 Å². The normalized spacial score (nSPS) is 10.2. The lowest BCUT2D eigenvalue weighted by molar-refractivity contribution is 0.0945. The number of para-hydroxylation sites is 1. The highest BCUT2D eigenvalue weighted by molar-refractivity contribution is 5.98. The number of nitrogens with zero attached hydrogens (tertiary/aromatic N) is 2. The maximum atomic E-state index is 12.5. The van der Waals surface area contributed by atoms with E-state index >= 15 is 0 Å². The number of ether oxygens (including phenoxy) is 1. The maximum absolute atomic E-state index is 12.5. The average molecular weight is 376 g/mol. The number of pyridine rings is 2. The summed E-state index contributed by atoms with van der Waals surface area (Å²) in [6.07, 6.45) is 3.10. The van der Waals surface area contributed by atoms with Gasteiger partial charge < -0.3 is 15.4 Å². The zero-order valence-electron chi connectivity index (χ0n) is 15.4. The van der Waals surface area contributed by atoms with Gasteiger partial charge in [-0.15, -0.1) is 0 Å². The largest absolute Gasteiger partial charge is 0.496 e. The van der Waals surface area contributed by atoms with Gasteiger partial charge in [0.05, 0.1) is 19.3 Å². The fourth-order valence-electron chi connectivity index (χ4n) is 2.59. The molecule has 0 aliphatic carbocycles. The fraction of sp³-hybridized carbons (Fsp3) is 0.143. The molecule has 2 N–H and O–H groups in total. The van der Waals surface area contributed by atoms with Crippen molar-refractivity contribution in [3.63, 3.8) is 0 Å². The Morgan fingerprint density at radius 2 is 1.68 bits per heavy atom. The predicted molar refractivity (Wildman–Crippen MR) is 104 cm³/mol. The molecule has 0 saturated heterocycles. The molecule has 3 aromatic rings. The average Bonchev–Trinajstić information content (AvgIpc) is 2.76. The fourth-order valence-corrected chi connectivity index (χ4v) is 2.59. The molecule has 2 amide bonds. The van der Waals surface area contributed by atoms with Crippen molar-refractivity contribution < 1.29 is 14.3 Å². The van der Waals surface area contributed by atoms with Gasteiger partial charge in [0.25, 0.3) is 11.8 Å². The van der Waals surface area contributed by atoms with E-state index in [9.17, 15) is 9.59 Å². The van der Waals surface area contributed by atoms with Crippen LogP contribution in [0.4, 0.5) is 0 Å². The van der Waals surface area contributed by atoms with Crippen LogP contribution in [0.15, 0.2) is 67.0 Å². The number of methoxy groups -OCH3 is 1. The minimum atomic E-state index is -0.370. The van der Waals surface area contributed by atoms with Crippen molar-refractivity contribution >= 4 is 11.8 Å². The molecule has 1 aromatic carbocycles. The van der Waals surface area contributed by atoms with E-state index in [2.05, 4.69) is 20.6 Å². The third-order valence-corrected chi connectivity index (χ3v) is 4.04. The summed E-state index contributed by atoms with van der Waals surface area (Å²) >= 11 is 0. The van der Waals surface area contributed by atoms with Crippen molar-refractivity contribution in [1.29, 1.82) is 0 Å². The molecule has 28 heavy (non-hydrogen) atoms. The quantitative estimate of drug-likeness (QED) is 0.660. The van der Waals surface area contributed by atoms with Crippen LogP contribution < -0.4 is 15.4 Å². The molecule has 0 spiro atoms. The highest BCUT2D eigenvalue weighted by Crippen LogP contribution is 2.16. The van der Waals surface area contributed by atoms with Crippen LogP contribution >= 0.6 is 0 Å². The molecule has 7 heteroatoms.